The van der Waals surface area contributed by atoms with Gasteiger partial charge in [0, 0.05) is 23.4 Å². The van der Waals surface area contributed by atoms with Gasteiger partial charge in [0.25, 0.3) is 11.8 Å². The summed E-state index contributed by atoms with van der Waals surface area (Å²) in [6.45, 7) is 1.98. The number of nitrogens with one attached hydrogen (secondary N) is 1. The van der Waals surface area contributed by atoms with Crippen molar-refractivity contribution in [2.75, 3.05) is 18.2 Å². The molecule has 1 aromatic carbocycles. The van der Waals surface area contributed by atoms with Crippen LogP contribution in [0.1, 0.15) is 5.56 Å². The lowest BCUT2D eigenvalue weighted by Crippen LogP contribution is -2.44. The number of fused-ring (bicyclic) bond motifs is 1. The van der Waals surface area contributed by atoms with Crippen LogP contribution in [0.3, 0.4) is 0 Å². The molecule has 1 unspecified atom stereocenters. The molecule has 1 atom stereocenters. The number of hydrogen-bond acceptors (Lipinski definition) is 7. The number of anilines is 2. The molecule has 2 aromatic rings. The maximum atomic E-state index is 6.10. The number of nitrogen functional groups attached to an aromatic ring is 1. The summed E-state index contributed by atoms with van der Waals surface area (Å²) in [6.07, 6.45) is 6.95. The van der Waals surface area contributed by atoms with Crippen LogP contribution in [0.25, 0.3) is 0 Å². The van der Waals surface area contributed by atoms with Crippen LogP contribution < -0.4 is 20.4 Å². The van der Waals surface area contributed by atoms with Crippen LogP contribution in [0.5, 0.6) is 5.88 Å². The van der Waals surface area contributed by atoms with Crippen LogP contribution in [-0.2, 0) is 0 Å². The Bertz CT molecular complexity index is 976. The molecule has 0 aliphatic carbocycles. The molecule has 26 heavy (non-hydrogen) atoms. The molecule has 3 heterocycles. The van der Waals surface area contributed by atoms with Gasteiger partial charge in [-0.2, -0.15) is 4.99 Å². The van der Waals surface area contributed by atoms with Gasteiger partial charge in [-0.25, -0.2) is 4.98 Å². The summed E-state index contributed by atoms with van der Waals surface area (Å²) in [5.41, 5.74) is 9.45. The molecule has 3 N–H and O–H groups in total. The highest BCUT2D eigenvalue weighted by atomic mass is 16.5. The van der Waals surface area contributed by atoms with Crippen LogP contribution in [0.2, 0.25) is 0 Å². The Balaban J connectivity index is 1.74. The fourth-order valence-corrected chi connectivity index (χ4v) is 2.90. The SMILES string of the molecule is COc1ccc(NC2=N[N+]3(c4cccc(N)c4C)C=CN=CC3=N2)cn1. The summed E-state index contributed by atoms with van der Waals surface area (Å²) in [5, 5.41) is 7.98. The van der Waals surface area contributed by atoms with Crippen molar-refractivity contribution in [1.29, 1.82) is 0 Å². The smallest absolute Gasteiger partial charge is 0.287 e. The van der Waals surface area contributed by atoms with E-state index in [4.69, 9.17) is 15.6 Å². The predicted molar refractivity (Wildman–Crippen MR) is 104 cm³/mol. The molecule has 0 amide bonds. The normalized spacial score (nSPS) is 20.4. The van der Waals surface area contributed by atoms with Gasteiger partial charge in [-0.1, -0.05) is 10.7 Å². The topological polar surface area (TPSA) is 97.2 Å². The summed E-state index contributed by atoms with van der Waals surface area (Å²) in [7, 11) is 1.58. The zero-order valence-corrected chi connectivity index (χ0v) is 14.4. The molecule has 2 aliphatic rings. The van der Waals surface area contributed by atoms with Crippen molar-refractivity contribution in [2.24, 2.45) is 15.1 Å². The van der Waals surface area contributed by atoms with Crippen LogP contribution in [0, 0.1) is 6.92 Å². The first-order valence-electron chi connectivity index (χ1n) is 8.04. The van der Waals surface area contributed by atoms with E-state index < -0.39 is 0 Å². The number of methoxy groups -OCH3 is 1. The van der Waals surface area contributed by atoms with Gasteiger partial charge < -0.3 is 15.8 Å². The van der Waals surface area contributed by atoms with E-state index in [2.05, 4.69) is 20.3 Å². The fraction of sp³-hybridized carbons (Fsp3) is 0.111. The Kier molecular flexibility index (Phi) is 3.74. The Hall–Kier alpha value is -3.52. The minimum Gasteiger partial charge on any atom is -0.481 e. The lowest BCUT2D eigenvalue weighted by molar-refractivity contribution is 0.398. The molecule has 0 saturated heterocycles. The highest BCUT2D eigenvalue weighted by molar-refractivity contribution is 6.38. The molecular weight excluding hydrogens is 330 g/mol. The molecule has 8 heteroatoms. The van der Waals surface area contributed by atoms with E-state index in [0.29, 0.717) is 23.4 Å². The molecule has 1 aromatic heterocycles. The number of quaternary nitrogens is 1. The third kappa shape index (κ3) is 2.52. The minimum absolute atomic E-state index is 0.0896. The van der Waals surface area contributed by atoms with Gasteiger partial charge in [0.2, 0.25) is 5.88 Å². The third-order valence-corrected chi connectivity index (χ3v) is 4.30. The average molecular weight is 348 g/mol. The van der Waals surface area contributed by atoms with E-state index in [0.717, 1.165) is 16.9 Å². The average Bonchev–Trinajstić information content (AvgIpc) is 3.03. The van der Waals surface area contributed by atoms with Crippen molar-refractivity contribution in [3.05, 3.63) is 54.5 Å². The first-order chi connectivity index (χ1) is 12.6. The largest absolute Gasteiger partial charge is 0.481 e. The molecule has 8 nitrogen and oxygen atoms in total. The molecule has 130 valence electrons. The zero-order chi connectivity index (χ0) is 18.1. The molecule has 0 spiro atoms. The summed E-state index contributed by atoms with van der Waals surface area (Å²) in [5.74, 6) is 1.69. The van der Waals surface area contributed by atoms with E-state index in [1.165, 1.54) is 0 Å². The summed E-state index contributed by atoms with van der Waals surface area (Å²) >= 11 is 0. The molecular formula is C18H18N7O+. The number of benzene rings is 1. The molecule has 0 saturated carbocycles. The summed E-state index contributed by atoms with van der Waals surface area (Å²) < 4.78 is 5.17. The third-order valence-electron chi connectivity index (χ3n) is 4.30. The van der Waals surface area contributed by atoms with Crippen LogP contribution in [0.4, 0.5) is 17.1 Å². The summed E-state index contributed by atoms with van der Waals surface area (Å²) in [6, 6.07) is 9.40. The van der Waals surface area contributed by atoms with Gasteiger partial charge in [-0.15, -0.1) is 0 Å². The molecule has 0 radical (unpaired) electrons. The maximum Gasteiger partial charge on any atom is 0.287 e. The minimum atomic E-state index is 0.0896. The number of aromatic nitrogens is 1. The van der Waals surface area contributed by atoms with E-state index in [1.807, 2.05) is 37.4 Å². The monoisotopic (exact) mass is 348 g/mol. The lowest BCUT2D eigenvalue weighted by Gasteiger charge is -2.25. The Morgan fingerprint density at radius 1 is 1.19 bits per heavy atom. The van der Waals surface area contributed by atoms with E-state index >= 15 is 0 Å². The van der Waals surface area contributed by atoms with Gasteiger partial charge in [0.15, 0.2) is 11.9 Å². The Labute approximate surface area is 150 Å². The van der Waals surface area contributed by atoms with Crippen molar-refractivity contribution >= 4 is 35.1 Å². The first kappa shape index (κ1) is 16.0. The van der Waals surface area contributed by atoms with Gasteiger partial charge in [0.05, 0.1) is 25.2 Å². The Morgan fingerprint density at radius 3 is 2.85 bits per heavy atom. The predicted octanol–water partition coefficient (Wildman–Crippen LogP) is 2.64. The van der Waals surface area contributed by atoms with Crippen molar-refractivity contribution in [3.8, 4) is 5.88 Å². The number of ether oxygens (including phenoxy) is 1. The van der Waals surface area contributed by atoms with Crippen LogP contribution in [-0.4, -0.2) is 30.1 Å². The second-order valence-electron chi connectivity index (χ2n) is 5.86. The lowest BCUT2D eigenvalue weighted by atomic mass is 10.1. The number of pyridine rings is 1. The van der Waals surface area contributed by atoms with Gasteiger partial charge in [-0.05, 0) is 24.2 Å². The molecule has 0 fully saturated rings. The quantitative estimate of drug-likeness (QED) is 0.658. The number of guanidine groups is 1. The van der Waals surface area contributed by atoms with E-state index in [9.17, 15) is 0 Å². The van der Waals surface area contributed by atoms with Crippen LogP contribution >= 0.6 is 0 Å². The zero-order valence-electron chi connectivity index (χ0n) is 14.4. The number of nitrogens with two attached hydrogens (primary N) is 1. The number of amidine groups is 1. The van der Waals surface area contributed by atoms with Gasteiger partial charge in [-0.3, -0.25) is 4.99 Å². The van der Waals surface area contributed by atoms with Crippen molar-refractivity contribution in [1.82, 2.24) is 9.58 Å². The second kappa shape index (κ2) is 6.08. The fourth-order valence-electron chi connectivity index (χ4n) is 2.90. The van der Waals surface area contributed by atoms with E-state index in [-0.39, 0.29) is 4.59 Å². The molecule has 4 rings (SSSR count). The van der Waals surface area contributed by atoms with E-state index in [1.54, 1.807) is 31.8 Å². The maximum absolute atomic E-state index is 6.10. The van der Waals surface area contributed by atoms with Crippen LogP contribution in [0.15, 0.2) is 64.0 Å². The summed E-state index contributed by atoms with van der Waals surface area (Å²) in [4.78, 5) is 13.0. The number of rotatable bonds is 3. The van der Waals surface area contributed by atoms with Crippen molar-refractivity contribution in [2.45, 2.75) is 6.92 Å². The first-order valence-corrected chi connectivity index (χ1v) is 8.04. The highest BCUT2D eigenvalue weighted by Gasteiger charge is 2.44. The highest BCUT2D eigenvalue weighted by Crippen LogP contribution is 2.35. The molecule has 0 bridgehead atoms. The number of aliphatic imine (C=N–C) groups is 2. The Morgan fingerprint density at radius 2 is 2.08 bits per heavy atom. The number of nitrogens with zero attached hydrogens (tertiary/aromatic N) is 5. The van der Waals surface area contributed by atoms with Gasteiger partial charge in [0.1, 0.15) is 6.21 Å². The molecule has 2 aliphatic heterocycles. The van der Waals surface area contributed by atoms with Gasteiger partial charge >= 0.3 is 0 Å². The standard InChI is InChI=1S/C18H18N7O/c1-12-14(19)4-3-5-15(12)25-9-8-20-11-16(25)23-18(24-25)22-13-6-7-17(26-2)21-10-13/h3-11H,19H2,1-2H3,(H,22,24)/q+1. The van der Waals surface area contributed by atoms with Crippen molar-refractivity contribution in [3.63, 3.8) is 0 Å². The second-order valence-corrected chi connectivity index (χ2v) is 5.86. The van der Waals surface area contributed by atoms with Crippen molar-refractivity contribution < 1.29 is 4.74 Å². The number of hydrogen-bond donors (Lipinski definition) is 2.